The van der Waals surface area contributed by atoms with E-state index in [1.807, 2.05) is 14.1 Å². The molecule has 0 aliphatic rings. The van der Waals surface area contributed by atoms with Crippen molar-refractivity contribution in [2.24, 2.45) is 5.84 Å². The van der Waals surface area contributed by atoms with Crippen molar-refractivity contribution in [3.8, 4) is 0 Å². The van der Waals surface area contributed by atoms with E-state index in [-0.39, 0.29) is 10.6 Å². The summed E-state index contributed by atoms with van der Waals surface area (Å²) in [5.74, 6) is 5.50. The molecule has 0 saturated heterocycles. The summed E-state index contributed by atoms with van der Waals surface area (Å²) in [5.41, 5.74) is 4.25. The summed E-state index contributed by atoms with van der Waals surface area (Å²) in [6.07, 6.45) is 0. The molecule has 0 saturated carbocycles. The number of hydrazine groups is 1. The molecule has 3 N–H and O–H groups in total. The molecule has 0 aromatic heterocycles. The minimum Gasteiger partial charge on any atom is -0.324 e. The molecular formula is C14H25N5O2. The molecule has 1 rings (SSSR count). The van der Waals surface area contributed by atoms with Gasteiger partial charge < -0.3 is 10.3 Å². The number of nitro groups is 1. The van der Waals surface area contributed by atoms with E-state index < -0.39 is 0 Å². The fraction of sp³-hybridized carbons (Fsp3) is 0.571. The molecule has 7 nitrogen and oxygen atoms in total. The maximum atomic E-state index is 10.9. The van der Waals surface area contributed by atoms with Crippen LogP contribution >= 0.6 is 0 Å². The summed E-state index contributed by atoms with van der Waals surface area (Å²) < 4.78 is 0. The Labute approximate surface area is 125 Å². The predicted octanol–water partition coefficient (Wildman–Crippen LogP) is 1.65. The number of nitrogens with one attached hydrogen (secondary N) is 1. The lowest BCUT2D eigenvalue weighted by molar-refractivity contribution is -0.384. The molecule has 0 radical (unpaired) electrons. The number of hydrogen-bond donors (Lipinski definition) is 2. The van der Waals surface area contributed by atoms with E-state index in [9.17, 15) is 10.1 Å². The fourth-order valence-corrected chi connectivity index (χ4v) is 2.41. The van der Waals surface area contributed by atoms with Gasteiger partial charge in [0.2, 0.25) is 0 Å². The maximum absolute atomic E-state index is 10.9. The van der Waals surface area contributed by atoms with Gasteiger partial charge in [0, 0.05) is 31.3 Å². The first-order valence-corrected chi connectivity index (χ1v) is 7.01. The first kappa shape index (κ1) is 17.4. The second-order valence-corrected chi connectivity index (χ2v) is 5.42. The largest absolute Gasteiger partial charge is 0.324 e. The molecule has 0 aliphatic heterocycles. The first-order chi connectivity index (χ1) is 9.88. The van der Waals surface area contributed by atoms with E-state index in [1.165, 1.54) is 6.07 Å². The number of nitrogens with two attached hydrogens (primary N) is 1. The van der Waals surface area contributed by atoms with E-state index in [0.29, 0.717) is 12.6 Å². The molecule has 0 fully saturated rings. The third kappa shape index (κ3) is 4.96. The van der Waals surface area contributed by atoms with Gasteiger partial charge in [-0.15, -0.1) is 0 Å². The average Bonchev–Trinajstić information content (AvgIpc) is 2.43. The molecule has 1 aromatic rings. The third-order valence-electron chi connectivity index (χ3n) is 3.49. The standard InChI is InChI=1S/C14H25N5O2/c1-5-18(11(2)9-17(3)4)10-12-8-13(19(20)21)6-7-14(12)16-15/h6-8,11,16H,5,9-10,15H2,1-4H3. The highest BCUT2D eigenvalue weighted by molar-refractivity contribution is 5.55. The molecule has 0 aliphatic carbocycles. The Bertz CT molecular complexity index is 478. The molecule has 7 heteroatoms. The van der Waals surface area contributed by atoms with Crippen molar-refractivity contribution >= 4 is 11.4 Å². The van der Waals surface area contributed by atoms with E-state index >= 15 is 0 Å². The lowest BCUT2D eigenvalue weighted by Gasteiger charge is -2.30. The average molecular weight is 295 g/mol. The van der Waals surface area contributed by atoms with Gasteiger partial charge in [0.15, 0.2) is 0 Å². The highest BCUT2D eigenvalue weighted by Gasteiger charge is 2.17. The number of benzene rings is 1. The highest BCUT2D eigenvalue weighted by Crippen LogP contribution is 2.23. The number of nitrogen functional groups attached to an aromatic ring is 1. The van der Waals surface area contributed by atoms with Crippen LogP contribution < -0.4 is 11.3 Å². The van der Waals surface area contributed by atoms with Gasteiger partial charge in [-0.2, -0.15) is 0 Å². The molecule has 1 aromatic carbocycles. The van der Waals surface area contributed by atoms with Crippen molar-refractivity contribution in [3.63, 3.8) is 0 Å². The van der Waals surface area contributed by atoms with Crippen molar-refractivity contribution in [1.29, 1.82) is 0 Å². The van der Waals surface area contributed by atoms with E-state index in [4.69, 9.17) is 5.84 Å². The SMILES string of the molecule is CCN(Cc1cc([N+](=O)[O-])ccc1NN)C(C)CN(C)C. The maximum Gasteiger partial charge on any atom is 0.269 e. The van der Waals surface area contributed by atoms with Gasteiger partial charge in [-0.1, -0.05) is 6.92 Å². The number of hydrogen-bond acceptors (Lipinski definition) is 6. The summed E-state index contributed by atoms with van der Waals surface area (Å²) in [6.45, 7) is 6.64. The summed E-state index contributed by atoms with van der Waals surface area (Å²) >= 11 is 0. The van der Waals surface area contributed by atoms with Crippen molar-refractivity contribution in [1.82, 2.24) is 9.80 Å². The van der Waals surface area contributed by atoms with E-state index in [0.717, 1.165) is 24.3 Å². The van der Waals surface area contributed by atoms with Crippen LogP contribution in [0.15, 0.2) is 18.2 Å². The third-order valence-corrected chi connectivity index (χ3v) is 3.49. The van der Waals surface area contributed by atoms with E-state index in [2.05, 4.69) is 29.1 Å². The van der Waals surface area contributed by atoms with Crippen LogP contribution in [-0.2, 0) is 6.54 Å². The van der Waals surface area contributed by atoms with Crippen molar-refractivity contribution in [3.05, 3.63) is 33.9 Å². The molecule has 0 heterocycles. The predicted molar refractivity (Wildman–Crippen MR) is 85.0 cm³/mol. The quantitative estimate of drug-likeness (QED) is 0.431. The first-order valence-electron chi connectivity index (χ1n) is 7.01. The van der Waals surface area contributed by atoms with Crippen LogP contribution in [0.4, 0.5) is 11.4 Å². The summed E-state index contributed by atoms with van der Waals surface area (Å²) in [6, 6.07) is 5.03. The lowest BCUT2D eigenvalue weighted by Crippen LogP contribution is -2.39. The number of non-ortho nitro benzene ring substituents is 1. The molecule has 118 valence electrons. The number of likely N-dealkylation sites (N-methyl/N-ethyl adjacent to an activating group) is 2. The minimum absolute atomic E-state index is 0.0836. The summed E-state index contributed by atoms with van der Waals surface area (Å²) in [4.78, 5) is 14.9. The number of nitrogens with zero attached hydrogens (tertiary/aromatic N) is 3. The smallest absolute Gasteiger partial charge is 0.269 e. The molecule has 21 heavy (non-hydrogen) atoms. The summed E-state index contributed by atoms with van der Waals surface area (Å²) in [7, 11) is 4.06. The number of rotatable bonds is 8. The minimum atomic E-state index is -0.386. The van der Waals surface area contributed by atoms with Gasteiger partial charge in [-0.05, 0) is 39.2 Å². The highest BCUT2D eigenvalue weighted by atomic mass is 16.6. The second kappa shape index (κ2) is 7.92. The van der Waals surface area contributed by atoms with Crippen molar-refractivity contribution in [2.75, 3.05) is 32.6 Å². The normalized spacial score (nSPS) is 12.7. The van der Waals surface area contributed by atoms with Gasteiger partial charge in [0.25, 0.3) is 5.69 Å². The van der Waals surface area contributed by atoms with Crippen LogP contribution in [0.25, 0.3) is 0 Å². The van der Waals surface area contributed by atoms with Gasteiger partial charge in [0.1, 0.15) is 0 Å². The van der Waals surface area contributed by atoms with Gasteiger partial charge in [-0.3, -0.25) is 20.9 Å². The Morgan fingerprint density at radius 1 is 1.43 bits per heavy atom. The van der Waals surface area contributed by atoms with Gasteiger partial charge in [-0.25, -0.2) is 0 Å². The number of nitro benzene ring substituents is 1. The molecular weight excluding hydrogens is 270 g/mol. The zero-order chi connectivity index (χ0) is 16.0. The van der Waals surface area contributed by atoms with Crippen LogP contribution in [0.3, 0.4) is 0 Å². The van der Waals surface area contributed by atoms with Crippen molar-refractivity contribution in [2.45, 2.75) is 26.4 Å². The van der Waals surface area contributed by atoms with Crippen LogP contribution in [0.5, 0.6) is 0 Å². The lowest BCUT2D eigenvalue weighted by atomic mass is 10.1. The molecule has 1 atom stereocenters. The fourth-order valence-electron chi connectivity index (χ4n) is 2.41. The molecule has 0 spiro atoms. The van der Waals surface area contributed by atoms with Crippen molar-refractivity contribution < 1.29 is 4.92 Å². The Kier molecular flexibility index (Phi) is 6.54. The van der Waals surface area contributed by atoms with E-state index in [1.54, 1.807) is 12.1 Å². The number of anilines is 1. The van der Waals surface area contributed by atoms with Gasteiger partial charge >= 0.3 is 0 Å². The molecule has 0 amide bonds. The van der Waals surface area contributed by atoms with Crippen LogP contribution in [0.2, 0.25) is 0 Å². The Hall–Kier alpha value is -1.70. The summed E-state index contributed by atoms with van der Waals surface area (Å²) in [5, 5.41) is 10.9. The van der Waals surface area contributed by atoms with Gasteiger partial charge in [0.05, 0.1) is 10.6 Å². The monoisotopic (exact) mass is 295 g/mol. The van der Waals surface area contributed by atoms with Crippen LogP contribution in [0.1, 0.15) is 19.4 Å². The zero-order valence-electron chi connectivity index (χ0n) is 13.2. The van der Waals surface area contributed by atoms with Crippen LogP contribution in [0, 0.1) is 10.1 Å². The van der Waals surface area contributed by atoms with Crippen LogP contribution in [-0.4, -0.2) is 47.9 Å². The molecule has 1 unspecified atom stereocenters. The molecule has 0 bridgehead atoms. The topological polar surface area (TPSA) is 87.7 Å². The second-order valence-electron chi connectivity index (χ2n) is 5.42. The Morgan fingerprint density at radius 2 is 2.10 bits per heavy atom. The Balaban J connectivity index is 2.97. The zero-order valence-corrected chi connectivity index (χ0v) is 13.2. The Morgan fingerprint density at radius 3 is 2.57 bits per heavy atom.